The van der Waals surface area contributed by atoms with Gasteiger partial charge in [0.2, 0.25) is 0 Å². The third-order valence-corrected chi connectivity index (χ3v) is 6.18. The Bertz CT molecular complexity index is 1340. The average molecular weight is 487 g/mol. The van der Waals surface area contributed by atoms with Gasteiger partial charge < -0.3 is 24.7 Å². The Balaban J connectivity index is 1.84. The van der Waals surface area contributed by atoms with E-state index in [1.54, 1.807) is 36.4 Å². The highest BCUT2D eigenvalue weighted by Gasteiger charge is 2.46. The molecule has 2 N–H and O–H groups in total. The van der Waals surface area contributed by atoms with E-state index >= 15 is 0 Å². The first-order valence-electron chi connectivity index (χ1n) is 11.2. The van der Waals surface area contributed by atoms with Crippen LogP contribution in [-0.2, 0) is 16.1 Å². The maximum absolute atomic E-state index is 13.3. The minimum atomic E-state index is -1.06. The molecular formula is C28H26N2O6. The third-order valence-electron chi connectivity index (χ3n) is 6.18. The second-order valence-electron chi connectivity index (χ2n) is 8.62. The normalized spacial score (nSPS) is 16.8. The average Bonchev–Trinajstić information content (AvgIpc) is 3.13. The maximum atomic E-state index is 13.3. The molecule has 8 nitrogen and oxygen atoms in total. The number of rotatable bonds is 7. The summed E-state index contributed by atoms with van der Waals surface area (Å²) in [5.41, 5.74) is 2.62. The summed E-state index contributed by atoms with van der Waals surface area (Å²) in [4.78, 5) is 41.1. The van der Waals surface area contributed by atoms with Gasteiger partial charge in [0.25, 0.3) is 11.7 Å². The molecule has 1 saturated heterocycles. The van der Waals surface area contributed by atoms with Gasteiger partial charge in [-0.25, -0.2) is 4.79 Å². The number of ketones is 1. The van der Waals surface area contributed by atoms with Crippen LogP contribution in [0.3, 0.4) is 0 Å². The number of carbonyl (C=O) groups excluding carboxylic acids is 2. The molecule has 0 bridgehead atoms. The Morgan fingerprint density at radius 1 is 0.944 bits per heavy atom. The Morgan fingerprint density at radius 3 is 2.17 bits per heavy atom. The third kappa shape index (κ3) is 4.53. The molecule has 0 spiro atoms. The molecule has 1 unspecified atom stereocenters. The number of Topliss-reactive ketones (excluding diaryl/α,β-unsaturated/α-hetero) is 1. The van der Waals surface area contributed by atoms with Crippen LogP contribution in [0.15, 0.2) is 78.4 Å². The van der Waals surface area contributed by atoms with Crippen LogP contribution < -0.4 is 9.64 Å². The van der Waals surface area contributed by atoms with Crippen molar-refractivity contribution < 1.29 is 29.3 Å². The van der Waals surface area contributed by atoms with E-state index in [1.807, 2.05) is 43.3 Å². The van der Waals surface area contributed by atoms with Crippen molar-refractivity contribution in [3.63, 3.8) is 0 Å². The summed E-state index contributed by atoms with van der Waals surface area (Å²) in [6.07, 6.45) is 0. The lowest BCUT2D eigenvalue weighted by Crippen LogP contribution is -2.29. The zero-order valence-electron chi connectivity index (χ0n) is 20.1. The van der Waals surface area contributed by atoms with Crippen LogP contribution in [0, 0.1) is 0 Å². The van der Waals surface area contributed by atoms with E-state index < -0.39 is 23.7 Å². The molecule has 1 aliphatic heterocycles. The summed E-state index contributed by atoms with van der Waals surface area (Å²) in [5, 5.41) is 20.5. The summed E-state index contributed by atoms with van der Waals surface area (Å²) in [6.45, 7) is 0.0489. The number of carbonyl (C=O) groups is 3. The van der Waals surface area contributed by atoms with Gasteiger partial charge in [-0.3, -0.25) is 9.59 Å². The van der Waals surface area contributed by atoms with Gasteiger partial charge in [-0.1, -0.05) is 36.4 Å². The largest absolute Gasteiger partial charge is 0.507 e. The fourth-order valence-corrected chi connectivity index (χ4v) is 4.28. The van der Waals surface area contributed by atoms with Crippen molar-refractivity contribution >= 4 is 29.1 Å². The second-order valence-corrected chi connectivity index (χ2v) is 8.62. The number of anilines is 1. The van der Waals surface area contributed by atoms with E-state index in [4.69, 9.17) is 4.74 Å². The number of hydrogen-bond acceptors (Lipinski definition) is 6. The van der Waals surface area contributed by atoms with Gasteiger partial charge in [0, 0.05) is 26.3 Å². The Kier molecular flexibility index (Phi) is 6.78. The highest BCUT2D eigenvalue weighted by atomic mass is 16.5. The summed E-state index contributed by atoms with van der Waals surface area (Å²) in [6, 6.07) is 19.4. The first kappa shape index (κ1) is 24.5. The molecule has 4 rings (SSSR count). The number of para-hydroxylation sites is 1. The molecular weight excluding hydrogens is 460 g/mol. The topological polar surface area (TPSA) is 107 Å². The number of aromatic carboxylic acids is 1. The first-order chi connectivity index (χ1) is 17.2. The lowest BCUT2D eigenvalue weighted by atomic mass is 9.94. The van der Waals surface area contributed by atoms with Crippen LogP contribution in [-0.4, -0.2) is 54.0 Å². The van der Waals surface area contributed by atoms with Gasteiger partial charge in [-0.05, 0) is 47.5 Å². The van der Waals surface area contributed by atoms with Gasteiger partial charge in [0.05, 0.1) is 29.9 Å². The van der Waals surface area contributed by atoms with Crippen molar-refractivity contribution in [2.24, 2.45) is 0 Å². The molecule has 0 aliphatic carbocycles. The zero-order chi connectivity index (χ0) is 26.0. The van der Waals surface area contributed by atoms with Gasteiger partial charge in [0.1, 0.15) is 11.5 Å². The number of carboxylic acids is 1. The number of carboxylic acid groups (broad SMARTS) is 1. The highest BCUT2D eigenvalue weighted by Crippen LogP contribution is 2.42. The zero-order valence-corrected chi connectivity index (χ0v) is 20.1. The fourth-order valence-electron chi connectivity index (χ4n) is 4.28. The molecule has 8 heteroatoms. The molecule has 1 fully saturated rings. The van der Waals surface area contributed by atoms with E-state index in [1.165, 1.54) is 24.1 Å². The quantitative estimate of drug-likeness (QED) is 0.294. The van der Waals surface area contributed by atoms with Crippen molar-refractivity contribution in [1.29, 1.82) is 0 Å². The summed E-state index contributed by atoms with van der Waals surface area (Å²) in [5.74, 6) is -2.57. The SMILES string of the molecule is COc1ccccc1/C(O)=C1\C(=O)C(=O)N(Cc2ccc(C(=O)O)cc2)C1c1ccc(N(C)C)cc1. The fraction of sp³-hybridized carbons (Fsp3) is 0.179. The van der Waals surface area contributed by atoms with Crippen LogP contribution in [0.25, 0.3) is 5.76 Å². The molecule has 0 aromatic heterocycles. The maximum Gasteiger partial charge on any atom is 0.335 e. The Labute approximate surface area is 208 Å². The Hall–Kier alpha value is -4.59. The molecule has 36 heavy (non-hydrogen) atoms. The van der Waals surface area contributed by atoms with Crippen LogP contribution >= 0.6 is 0 Å². The number of benzene rings is 3. The number of likely N-dealkylation sites (tertiary alicyclic amines) is 1. The highest BCUT2D eigenvalue weighted by molar-refractivity contribution is 6.46. The number of methoxy groups -OCH3 is 1. The number of aliphatic hydroxyl groups is 1. The number of ether oxygens (including phenoxy) is 1. The monoisotopic (exact) mass is 486 g/mol. The number of amides is 1. The minimum Gasteiger partial charge on any atom is -0.507 e. The van der Waals surface area contributed by atoms with Crippen molar-refractivity contribution in [2.45, 2.75) is 12.6 Å². The van der Waals surface area contributed by atoms with E-state index in [0.29, 0.717) is 22.4 Å². The summed E-state index contributed by atoms with van der Waals surface area (Å²) in [7, 11) is 5.27. The van der Waals surface area contributed by atoms with Crippen LogP contribution in [0.2, 0.25) is 0 Å². The standard InChI is InChI=1S/C28H26N2O6/c1-29(2)20-14-12-18(13-15-20)24-23(25(31)21-6-4-5-7-22(21)36-3)26(32)27(33)30(24)16-17-8-10-19(11-9-17)28(34)35/h4-15,24,31H,16H2,1-3H3,(H,34,35)/b25-23+. The number of hydrogen-bond donors (Lipinski definition) is 2. The molecule has 0 radical (unpaired) electrons. The number of nitrogens with zero attached hydrogens (tertiary/aromatic N) is 2. The predicted octanol–water partition coefficient (Wildman–Crippen LogP) is 4.08. The molecule has 0 saturated carbocycles. The summed E-state index contributed by atoms with van der Waals surface area (Å²) < 4.78 is 5.37. The molecule has 1 amide bonds. The molecule has 1 heterocycles. The molecule has 3 aromatic rings. The molecule has 1 aliphatic rings. The van der Waals surface area contributed by atoms with Gasteiger partial charge in [-0.2, -0.15) is 0 Å². The predicted molar refractivity (Wildman–Crippen MR) is 135 cm³/mol. The van der Waals surface area contributed by atoms with Crippen LogP contribution in [0.5, 0.6) is 5.75 Å². The van der Waals surface area contributed by atoms with Crippen molar-refractivity contribution in [2.75, 3.05) is 26.1 Å². The second kappa shape index (κ2) is 9.95. The molecule has 3 aromatic carbocycles. The van der Waals surface area contributed by atoms with Crippen molar-refractivity contribution in [1.82, 2.24) is 4.90 Å². The molecule has 184 valence electrons. The first-order valence-corrected chi connectivity index (χ1v) is 11.2. The van der Waals surface area contributed by atoms with E-state index in [9.17, 15) is 24.6 Å². The van der Waals surface area contributed by atoms with E-state index in [2.05, 4.69) is 0 Å². The van der Waals surface area contributed by atoms with Crippen LogP contribution in [0.4, 0.5) is 5.69 Å². The lowest BCUT2D eigenvalue weighted by molar-refractivity contribution is -0.140. The number of aliphatic hydroxyl groups excluding tert-OH is 1. The van der Waals surface area contributed by atoms with E-state index in [0.717, 1.165) is 5.69 Å². The minimum absolute atomic E-state index is 0.0377. The van der Waals surface area contributed by atoms with Crippen molar-refractivity contribution in [3.8, 4) is 5.75 Å². The Morgan fingerprint density at radius 2 is 1.58 bits per heavy atom. The van der Waals surface area contributed by atoms with Crippen LogP contribution in [0.1, 0.15) is 33.1 Å². The van der Waals surface area contributed by atoms with Gasteiger partial charge in [0.15, 0.2) is 0 Å². The lowest BCUT2D eigenvalue weighted by Gasteiger charge is -2.26. The molecule has 1 atom stereocenters. The summed E-state index contributed by atoms with van der Waals surface area (Å²) >= 11 is 0. The van der Waals surface area contributed by atoms with Gasteiger partial charge >= 0.3 is 5.97 Å². The van der Waals surface area contributed by atoms with E-state index in [-0.39, 0.29) is 23.4 Å². The smallest absolute Gasteiger partial charge is 0.335 e. The van der Waals surface area contributed by atoms with Gasteiger partial charge in [-0.15, -0.1) is 0 Å². The van der Waals surface area contributed by atoms with Crippen molar-refractivity contribution in [3.05, 3.63) is 101 Å².